The molecule has 0 radical (unpaired) electrons. The fraction of sp³-hybridized carbons (Fsp3) is 0.467. The Kier molecular flexibility index (Phi) is 4.79. The molecule has 0 saturated carbocycles. The highest BCUT2D eigenvalue weighted by Crippen LogP contribution is 2.32. The number of nitrogens with one attached hydrogen (secondary N) is 1. The zero-order chi connectivity index (χ0) is 13.0. The van der Waals surface area contributed by atoms with Crippen molar-refractivity contribution in [3.63, 3.8) is 0 Å². The fourth-order valence-corrected chi connectivity index (χ4v) is 2.70. The molecule has 0 bridgehead atoms. The predicted octanol–water partition coefficient (Wildman–Crippen LogP) is 4.63. The third-order valence-electron chi connectivity index (χ3n) is 3.40. The summed E-state index contributed by atoms with van der Waals surface area (Å²) >= 11 is 5.87. The molecular formula is C15H19ClFN. The Bertz CT molecular complexity index is 442. The monoisotopic (exact) mass is 267 g/mol. The molecule has 1 unspecified atom stereocenters. The van der Waals surface area contributed by atoms with Crippen LogP contribution in [0.5, 0.6) is 0 Å². The summed E-state index contributed by atoms with van der Waals surface area (Å²) in [4.78, 5) is 0. The van der Waals surface area contributed by atoms with Gasteiger partial charge in [0.15, 0.2) is 0 Å². The minimum absolute atomic E-state index is 0.0333. The summed E-state index contributed by atoms with van der Waals surface area (Å²) in [6, 6.07) is 5.20. The van der Waals surface area contributed by atoms with Crippen LogP contribution in [0.15, 0.2) is 29.8 Å². The summed E-state index contributed by atoms with van der Waals surface area (Å²) in [5, 5.41) is 3.57. The lowest BCUT2D eigenvalue weighted by atomic mass is 9.89. The molecule has 1 aliphatic rings. The van der Waals surface area contributed by atoms with Gasteiger partial charge in [0, 0.05) is 5.56 Å². The van der Waals surface area contributed by atoms with Crippen molar-refractivity contribution in [3.8, 4) is 0 Å². The van der Waals surface area contributed by atoms with E-state index < -0.39 is 0 Å². The second-order valence-corrected chi connectivity index (χ2v) is 5.07. The van der Waals surface area contributed by atoms with Crippen LogP contribution < -0.4 is 5.32 Å². The van der Waals surface area contributed by atoms with E-state index >= 15 is 0 Å². The number of benzene rings is 1. The second kappa shape index (κ2) is 6.35. The normalized spacial score (nSPS) is 17.4. The molecule has 18 heavy (non-hydrogen) atoms. The third kappa shape index (κ3) is 2.93. The van der Waals surface area contributed by atoms with Crippen LogP contribution in [0, 0.1) is 5.82 Å². The van der Waals surface area contributed by atoms with Gasteiger partial charge in [0.25, 0.3) is 0 Å². The van der Waals surface area contributed by atoms with E-state index in [-0.39, 0.29) is 16.9 Å². The van der Waals surface area contributed by atoms with Gasteiger partial charge >= 0.3 is 0 Å². The molecule has 0 amide bonds. The summed E-state index contributed by atoms with van der Waals surface area (Å²) < 4.78 is 14.1. The second-order valence-electron chi connectivity index (χ2n) is 4.66. The highest BCUT2D eigenvalue weighted by atomic mass is 35.5. The van der Waals surface area contributed by atoms with E-state index in [0.717, 1.165) is 19.4 Å². The molecule has 0 aromatic heterocycles. The van der Waals surface area contributed by atoms with Gasteiger partial charge in [-0.05, 0) is 38.3 Å². The lowest BCUT2D eigenvalue weighted by Gasteiger charge is -2.25. The Morgan fingerprint density at radius 2 is 2.22 bits per heavy atom. The molecule has 1 aliphatic carbocycles. The maximum absolute atomic E-state index is 14.1. The number of allylic oxidation sites excluding steroid dienone is 1. The van der Waals surface area contributed by atoms with Crippen molar-refractivity contribution in [1.29, 1.82) is 0 Å². The number of rotatable bonds is 4. The van der Waals surface area contributed by atoms with Crippen LogP contribution in [0.2, 0.25) is 5.02 Å². The summed E-state index contributed by atoms with van der Waals surface area (Å²) in [5.74, 6) is -0.295. The quantitative estimate of drug-likeness (QED) is 0.785. The van der Waals surface area contributed by atoms with Crippen LogP contribution in [0.25, 0.3) is 0 Å². The Morgan fingerprint density at radius 3 is 2.89 bits per heavy atom. The van der Waals surface area contributed by atoms with Gasteiger partial charge in [-0.1, -0.05) is 42.3 Å². The minimum Gasteiger partial charge on any atom is -0.307 e. The molecule has 0 aliphatic heterocycles. The Hall–Kier alpha value is -0.860. The topological polar surface area (TPSA) is 12.0 Å². The molecule has 0 fully saturated rings. The standard InChI is InChI=1S/C15H19ClFN/c1-2-18-15(11-7-4-3-5-8-11)12-9-6-10-13(16)14(12)17/h6-7,9-10,15,18H,2-5,8H2,1H3. The van der Waals surface area contributed by atoms with Crippen molar-refractivity contribution in [2.45, 2.75) is 38.6 Å². The lowest BCUT2D eigenvalue weighted by Crippen LogP contribution is -2.24. The molecular weight excluding hydrogens is 249 g/mol. The van der Waals surface area contributed by atoms with Gasteiger partial charge in [-0.3, -0.25) is 0 Å². The van der Waals surface area contributed by atoms with Crippen molar-refractivity contribution in [3.05, 3.63) is 46.3 Å². The lowest BCUT2D eigenvalue weighted by molar-refractivity contribution is 0.527. The molecule has 0 saturated heterocycles. The average molecular weight is 268 g/mol. The molecule has 2 rings (SSSR count). The van der Waals surface area contributed by atoms with Gasteiger partial charge in [0.1, 0.15) is 5.82 Å². The van der Waals surface area contributed by atoms with Gasteiger partial charge < -0.3 is 5.32 Å². The van der Waals surface area contributed by atoms with Gasteiger partial charge in [0.2, 0.25) is 0 Å². The van der Waals surface area contributed by atoms with Gasteiger partial charge in [-0.25, -0.2) is 4.39 Å². The van der Waals surface area contributed by atoms with Crippen LogP contribution >= 0.6 is 11.6 Å². The molecule has 3 heteroatoms. The molecule has 0 heterocycles. The van der Waals surface area contributed by atoms with Crippen LogP contribution in [0.3, 0.4) is 0 Å². The molecule has 1 atom stereocenters. The number of hydrogen-bond acceptors (Lipinski definition) is 1. The Labute approximate surface area is 113 Å². The van der Waals surface area contributed by atoms with Crippen molar-refractivity contribution < 1.29 is 4.39 Å². The summed E-state index contributed by atoms with van der Waals surface area (Å²) in [5.41, 5.74) is 1.96. The molecule has 1 aromatic rings. The van der Waals surface area contributed by atoms with Crippen molar-refractivity contribution in [2.24, 2.45) is 0 Å². The van der Waals surface area contributed by atoms with E-state index in [1.807, 2.05) is 19.1 Å². The number of likely N-dealkylation sites (N-methyl/N-ethyl adjacent to an activating group) is 1. The number of hydrogen-bond donors (Lipinski definition) is 1. The highest BCUT2D eigenvalue weighted by Gasteiger charge is 2.21. The summed E-state index contributed by atoms with van der Waals surface area (Å²) in [6.45, 7) is 2.85. The van der Waals surface area contributed by atoms with Crippen molar-refractivity contribution >= 4 is 11.6 Å². The largest absolute Gasteiger partial charge is 0.307 e. The maximum atomic E-state index is 14.1. The van der Waals surface area contributed by atoms with E-state index in [4.69, 9.17) is 11.6 Å². The Morgan fingerprint density at radius 1 is 1.39 bits per heavy atom. The van der Waals surface area contributed by atoms with Crippen molar-refractivity contribution in [1.82, 2.24) is 5.32 Å². The van der Waals surface area contributed by atoms with E-state index in [1.54, 1.807) is 6.07 Å². The summed E-state index contributed by atoms with van der Waals surface area (Å²) in [6.07, 6.45) is 6.82. The van der Waals surface area contributed by atoms with E-state index in [1.165, 1.54) is 18.4 Å². The molecule has 1 aromatic carbocycles. The van der Waals surface area contributed by atoms with Gasteiger partial charge in [-0.15, -0.1) is 0 Å². The first-order valence-corrected chi connectivity index (χ1v) is 6.98. The van der Waals surface area contributed by atoms with E-state index in [2.05, 4.69) is 11.4 Å². The molecule has 1 N–H and O–H groups in total. The first kappa shape index (κ1) is 13.6. The SMILES string of the molecule is CCNC(C1=CCCCC1)c1cccc(Cl)c1F. The van der Waals surface area contributed by atoms with E-state index in [0.29, 0.717) is 5.56 Å². The zero-order valence-electron chi connectivity index (χ0n) is 10.7. The first-order valence-electron chi connectivity index (χ1n) is 6.60. The van der Waals surface area contributed by atoms with E-state index in [9.17, 15) is 4.39 Å². The van der Waals surface area contributed by atoms with Crippen LogP contribution in [0.1, 0.15) is 44.2 Å². The smallest absolute Gasteiger partial charge is 0.146 e. The van der Waals surface area contributed by atoms with Crippen LogP contribution in [-0.2, 0) is 0 Å². The van der Waals surface area contributed by atoms with Gasteiger partial charge in [0.05, 0.1) is 11.1 Å². The number of halogens is 2. The van der Waals surface area contributed by atoms with Gasteiger partial charge in [-0.2, -0.15) is 0 Å². The molecule has 98 valence electrons. The van der Waals surface area contributed by atoms with Crippen molar-refractivity contribution in [2.75, 3.05) is 6.54 Å². The first-order chi connectivity index (χ1) is 8.74. The van der Waals surface area contributed by atoms with Crippen LogP contribution in [-0.4, -0.2) is 6.54 Å². The predicted molar refractivity (Wildman–Crippen MR) is 74.4 cm³/mol. The minimum atomic E-state index is -0.295. The fourth-order valence-electron chi connectivity index (χ4n) is 2.51. The summed E-state index contributed by atoms with van der Waals surface area (Å²) in [7, 11) is 0. The third-order valence-corrected chi connectivity index (χ3v) is 3.69. The molecule has 1 nitrogen and oxygen atoms in total. The highest BCUT2D eigenvalue weighted by molar-refractivity contribution is 6.30. The zero-order valence-corrected chi connectivity index (χ0v) is 11.4. The van der Waals surface area contributed by atoms with Crippen LogP contribution in [0.4, 0.5) is 4.39 Å². The maximum Gasteiger partial charge on any atom is 0.146 e. The Balaban J connectivity index is 2.34. The average Bonchev–Trinajstić information content (AvgIpc) is 2.41. The molecule has 0 spiro atoms.